The van der Waals surface area contributed by atoms with Crippen molar-refractivity contribution in [1.82, 2.24) is 14.7 Å². The number of likely N-dealkylation sites (N-methyl/N-ethyl adjacent to an activating group) is 1. The van der Waals surface area contributed by atoms with Crippen LogP contribution in [0.3, 0.4) is 0 Å². The van der Waals surface area contributed by atoms with Crippen molar-refractivity contribution in [3.8, 4) is 0 Å². The lowest BCUT2D eigenvalue weighted by molar-refractivity contribution is -0.193. The summed E-state index contributed by atoms with van der Waals surface area (Å²) in [6.07, 6.45) is -3.74. The molecule has 10 nitrogen and oxygen atoms in total. The van der Waals surface area contributed by atoms with Crippen molar-refractivity contribution in [3.05, 3.63) is 24.2 Å². The van der Waals surface area contributed by atoms with E-state index in [2.05, 4.69) is 16.8 Å². The minimum absolute atomic E-state index is 0.201. The van der Waals surface area contributed by atoms with Crippen molar-refractivity contribution >= 4 is 17.8 Å². The number of furan rings is 1. The normalized spacial score (nSPS) is 24.4. The molecule has 0 spiro atoms. The van der Waals surface area contributed by atoms with Crippen LogP contribution in [0, 0.1) is 0 Å². The van der Waals surface area contributed by atoms with Gasteiger partial charge in [-0.3, -0.25) is 9.69 Å². The maximum atomic E-state index is 12.7. The minimum atomic E-state index is -5.08. The van der Waals surface area contributed by atoms with E-state index in [0.29, 0.717) is 6.04 Å². The van der Waals surface area contributed by atoms with Gasteiger partial charge in [0.05, 0.1) is 18.6 Å². The molecule has 0 unspecified atom stereocenters. The van der Waals surface area contributed by atoms with Gasteiger partial charge in [0.15, 0.2) is 0 Å². The monoisotopic (exact) mass is 561 g/mol. The Morgan fingerprint density at radius 2 is 1.47 bits per heavy atom. The fourth-order valence-electron chi connectivity index (χ4n) is 4.24. The molecule has 1 aromatic rings. The van der Waals surface area contributed by atoms with Crippen LogP contribution in [0.4, 0.5) is 26.3 Å². The molecule has 3 fully saturated rings. The average Bonchev–Trinajstić information content (AvgIpc) is 3.49. The number of rotatable bonds is 3. The Hall–Kier alpha value is -2.85. The average molecular weight is 561 g/mol. The summed E-state index contributed by atoms with van der Waals surface area (Å²) in [5.74, 6) is -5.31. The van der Waals surface area contributed by atoms with Crippen LogP contribution in [0.5, 0.6) is 0 Å². The molecule has 0 saturated carbocycles. The van der Waals surface area contributed by atoms with Gasteiger partial charge in [-0.15, -0.1) is 0 Å². The Balaban J connectivity index is 0.000000301. The Morgan fingerprint density at radius 3 is 1.95 bits per heavy atom. The minimum Gasteiger partial charge on any atom is -0.475 e. The number of carbonyl (C=O) groups excluding carboxylic acids is 1. The molecule has 0 bridgehead atoms. The maximum absolute atomic E-state index is 12.7. The molecule has 3 saturated heterocycles. The van der Waals surface area contributed by atoms with Crippen LogP contribution >= 0.6 is 0 Å². The fourth-order valence-corrected chi connectivity index (χ4v) is 4.24. The number of piperazine rings is 1. The standard InChI is InChI=1S/C18H27N3O3.2C2HF3O2/c1-19-7-9-20(10-8-19)18(22)17-3-2-15-16(24-17)4-6-21(15)12-14-5-11-23-13-14;2*3-2(4,5)1(6)7/h5,11,13,15-17H,2-4,6-10,12H2,1H3;2*(H,6,7)/t15-,16-,17+;;/m1../s1. The van der Waals surface area contributed by atoms with Crippen molar-refractivity contribution in [2.45, 2.75) is 56.4 Å². The van der Waals surface area contributed by atoms with Crippen molar-refractivity contribution in [3.63, 3.8) is 0 Å². The molecular formula is C22H29F6N3O7. The number of ether oxygens (including phenoxy) is 1. The molecule has 1 aromatic heterocycles. The molecule has 4 heterocycles. The summed E-state index contributed by atoms with van der Waals surface area (Å²) in [5, 5.41) is 14.2. The van der Waals surface area contributed by atoms with Crippen LogP contribution < -0.4 is 0 Å². The summed E-state index contributed by atoms with van der Waals surface area (Å²) in [7, 11) is 2.11. The highest BCUT2D eigenvalue weighted by Gasteiger charge is 2.43. The second-order valence-corrected chi connectivity index (χ2v) is 8.93. The number of alkyl halides is 6. The predicted molar refractivity (Wildman–Crippen MR) is 117 cm³/mol. The summed E-state index contributed by atoms with van der Waals surface area (Å²) in [6, 6.07) is 2.47. The zero-order valence-electron chi connectivity index (χ0n) is 20.4. The van der Waals surface area contributed by atoms with Crippen LogP contribution in [0.25, 0.3) is 0 Å². The highest BCUT2D eigenvalue weighted by Crippen LogP contribution is 2.33. The predicted octanol–water partition coefficient (Wildman–Crippen LogP) is 2.44. The summed E-state index contributed by atoms with van der Waals surface area (Å²) in [6.45, 7) is 5.53. The number of aliphatic carboxylic acids is 2. The number of nitrogens with zero attached hydrogens (tertiary/aromatic N) is 3. The zero-order chi connectivity index (χ0) is 28.7. The maximum Gasteiger partial charge on any atom is 0.490 e. The Bertz CT molecular complexity index is 894. The molecule has 216 valence electrons. The first-order chi connectivity index (χ1) is 17.6. The molecule has 1 amide bonds. The molecule has 4 rings (SSSR count). The molecule has 16 heteroatoms. The highest BCUT2D eigenvalue weighted by atomic mass is 19.4. The van der Waals surface area contributed by atoms with Crippen LogP contribution in [0.1, 0.15) is 24.8 Å². The fraction of sp³-hybridized carbons (Fsp3) is 0.682. The van der Waals surface area contributed by atoms with Gasteiger partial charge in [0.2, 0.25) is 0 Å². The highest BCUT2D eigenvalue weighted by molar-refractivity contribution is 5.81. The number of amides is 1. The van der Waals surface area contributed by atoms with Crippen molar-refractivity contribution in [2.75, 3.05) is 39.8 Å². The van der Waals surface area contributed by atoms with Crippen molar-refractivity contribution in [1.29, 1.82) is 0 Å². The molecule has 3 aliphatic heterocycles. The van der Waals surface area contributed by atoms with E-state index >= 15 is 0 Å². The first-order valence-electron chi connectivity index (χ1n) is 11.6. The van der Waals surface area contributed by atoms with Gasteiger partial charge in [0, 0.05) is 50.9 Å². The summed E-state index contributed by atoms with van der Waals surface area (Å²) < 4.78 is 74.9. The first kappa shape index (κ1) is 31.4. The Labute approximate surface area is 213 Å². The van der Waals surface area contributed by atoms with Gasteiger partial charge in [-0.25, -0.2) is 9.59 Å². The summed E-state index contributed by atoms with van der Waals surface area (Å²) in [5.41, 5.74) is 1.21. The van der Waals surface area contributed by atoms with E-state index < -0.39 is 24.3 Å². The molecule has 3 aliphatic rings. The topological polar surface area (TPSA) is 124 Å². The van der Waals surface area contributed by atoms with Crippen molar-refractivity contribution in [2.24, 2.45) is 0 Å². The lowest BCUT2D eigenvalue weighted by Crippen LogP contribution is -2.53. The van der Waals surface area contributed by atoms with Gasteiger partial charge in [-0.05, 0) is 32.4 Å². The van der Waals surface area contributed by atoms with Gasteiger partial charge < -0.3 is 29.2 Å². The van der Waals surface area contributed by atoms with Crippen LogP contribution in [-0.4, -0.2) is 113 Å². The van der Waals surface area contributed by atoms with E-state index in [-0.39, 0.29) is 18.1 Å². The third-order valence-corrected chi connectivity index (χ3v) is 6.20. The number of fused-ring (bicyclic) bond motifs is 1. The molecule has 0 radical (unpaired) electrons. The lowest BCUT2D eigenvalue weighted by atomic mass is 9.98. The Morgan fingerprint density at radius 1 is 0.921 bits per heavy atom. The van der Waals surface area contributed by atoms with Gasteiger partial charge in [0.1, 0.15) is 6.10 Å². The van der Waals surface area contributed by atoms with E-state index in [9.17, 15) is 31.1 Å². The third kappa shape index (κ3) is 9.47. The van der Waals surface area contributed by atoms with Crippen LogP contribution in [0.15, 0.2) is 23.0 Å². The number of likely N-dealkylation sites (tertiary alicyclic amines) is 1. The second-order valence-electron chi connectivity index (χ2n) is 8.93. The largest absolute Gasteiger partial charge is 0.490 e. The number of halogens is 6. The molecule has 3 atom stereocenters. The molecule has 0 aromatic carbocycles. The van der Waals surface area contributed by atoms with Gasteiger partial charge in [-0.1, -0.05) is 0 Å². The summed E-state index contributed by atoms with van der Waals surface area (Å²) in [4.78, 5) is 37.3. The number of carboxylic acid groups (broad SMARTS) is 2. The number of carbonyl (C=O) groups is 3. The molecule has 2 N–H and O–H groups in total. The number of hydrogen-bond acceptors (Lipinski definition) is 7. The number of hydrogen-bond donors (Lipinski definition) is 2. The van der Waals surface area contributed by atoms with E-state index in [1.54, 1.807) is 6.26 Å². The summed E-state index contributed by atoms with van der Waals surface area (Å²) >= 11 is 0. The number of carboxylic acids is 2. The lowest BCUT2D eigenvalue weighted by Gasteiger charge is -2.39. The molecule has 0 aliphatic carbocycles. The third-order valence-electron chi connectivity index (χ3n) is 6.20. The smallest absolute Gasteiger partial charge is 0.475 e. The van der Waals surface area contributed by atoms with E-state index in [4.69, 9.17) is 29.0 Å². The van der Waals surface area contributed by atoms with Crippen molar-refractivity contribution < 1.29 is 60.1 Å². The first-order valence-corrected chi connectivity index (χ1v) is 11.6. The van der Waals surface area contributed by atoms with E-state index in [0.717, 1.165) is 58.5 Å². The van der Waals surface area contributed by atoms with Gasteiger partial charge in [0.25, 0.3) is 5.91 Å². The van der Waals surface area contributed by atoms with E-state index in [1.807, 2.05) is 17.2 Å². The molecular weight excluding hydrogens is 532 g/mol. The SMILES string of the molecule is CN1CCN(C(=O)[C@@H]2CC[C@@H]3[C@@H](CCN3Cc3ccoc3)O2)CC1.O=C(O)C(F)(F)F.O=C(O)C(F)(F)F. The molecule has 38 heavy (non-hydrogen) atoms. The zero-order valence-corrected chi connectivity index (χ0v) is 20.4. The van der Waals surface area contributed by atoms with Gasteiger partial charge in [-0.2, -0.15) is 26.3 Å². The van der Waals surface area contributed by atoms with Crippen LogP contribution in [0.2, 0.25) is 0 Å². The van der Waals surface area contributed by atoms with E-state index in [1.165, 1.54) is 5.56 Å². The van der Waals surface area contributed by atoms with Gasteiger partial charge >= 0.3 is 24.3 Å². The van der Waals surface area contributed by atoms with Crippen LogP contribution in [-0.2, 0) is 25.7 Å². The second kappa shape index (κ2) is 13.3. The quantitative estimate of drug-likeness (QED) is 0.536. The Kier molecular flexibility index (Phi) is 11.0.